The van der Waals surface area contributed by atoms with E-state index in [0.29, 0.717) is 30.9 Å². The van der Waals surface area contributed by atoms with Crippen LogP contribution in [0, 0.1) is 5.92 Å². The Bertz CT molecular complexity index is 647. The summed E-state index contributed by atoms with van der Waals surface area (Å²) in [6.45, 7) is 5.12. The minimum atomic E-state index is -0.480. The molecule has 1 aliphatic heterocycles. The maximum absolute atomic E-state index is 12.4. The van der Waals surface area contributed by atoms with Gasteiger partial charge in [0.15, 0.2) is 0 Å². The average Bonchev–Trinajstić information content (AvgIpc) is 2.95. The maximum Gasteiger partial charge on any atom is 0.340 e. The topological polar surface area (TPSA) is 75.7 Å². The van der Waals surface area contributed by atoms with Crippen molar-refractivity contribution in [1.29, 1.82) is 0 Å². The largest absolute Gasteiger partial charge is 0.462 e. The zero-order chi connectivity index (χ0) is 17.7. The molecule has 1 heterocycles. The summed E-state index contributed by atoms with van der Waals surface area (Å²) in [5.41, 5.74) is 0.689. The quantitative estimate of drug-likeness (QED) is 0.750. The predicted octanol–water partition coefficient (Wildman–Crippen LogP) is 2.82. The highest BCUT2D eigenvalue weighted by Gasteiger charge is 2.33. The molecule has 1 N–H and O–H groups in total. The van der Waals surface area contributed by atoms with E-state index >= 15 is 0 Å². The first kappa shape index (κ1) is 18.4. The molecule has 1 aromatic carbocycles. The van der Waals surface area contributed by atoms with Gasteiger partial charge < -0.3 is 15.0 Å². The van der Waals surface area contributed by atoms with E-state index in [2.05, 4.69) is 21.2 Å². The first-order chi connectivity index (χ1) is 11.5. The van der Waals surface area contributed by atoms with Crippen molar-refractivity contribution in [2.45, 2.75) is 26.7 Å². The van der Waals surface area contributed by atoms with E-state index in [9.17, 15) is 14.4 Å². The number of carbonyl (C=O) groups is 3. The summed E-state index contributed by atoms with van der Waals surface area (Å²) in [5, 5.41) is 2.76. The lowest BCUT2D eigenvalue weighted by Gasteiger charge is -2.15. The van der Waals surface area contributed by atoms with E-state index < -0.39 is 11.9 Å². The van der Waals surface area contributed by atoms with E-state index in [-0.39, 0.29) is 18.2 Å². The van der Waals surface area contributed by atoms with E-state index in [1.165, 1.54) is 0 Å². The number of amides is 2. The number of hydrogen-bond acceptors (Lipinski definition) is 4. The Hall–Kier alpha value is -1.89. The van der Waals surface area contributed by atoms with Crippen molar-refractivity contribution in [2.24, 2.45) is 5.92 Å². The molecule has 24 heavy (non-hydrogen) atoms. The molecule has 1 fully saturated rings. The smallest absolute Gasteiger partial charge is 0.340 e. The van der Waals surface area contributed by atoms with Crippen LogP contribution >= 0.6 is 15.9 Å². The van der Waals surface area contributed by atoms with Gasteiger partial charge in [0, 0.05) is 24.0 Å². The molecule has 1 aromatic rings. The van der Waals surface area contributed by atoms with Crippen LogP contribution in [-0.4, -0.2) is 42.4 Å². The highest BCUT2D eigenvalue weighted by Crippen LogP contribution is 2.25. The molecule has 130 valence electrons. The lowest BCUT2D eigenvalue weighted by Crippen LogP contribution is -2.28. The fourth-order valence-corrected chi connectivity index (χ4v) is 2.92. The predicted molar refractivity (Wildman–Crippen MR) is 93.7 cm³/mol. The van der Waals surface area contributed by atoms with E-state index in [0.717, 1.165) is 10.9 Å². The van der Waals surface area contributed by atoms with E-state index in [1.54, 1.807) is 23.1 Å². The van der Waals surface area contributed by atoms with Gasteiger partial charge in [0.2, 0.25) is 11.8 Å². The number of nitrogens with one attached hydrogen (secondary N) is 1. The molecule has 0 bridgehead atoms. The van der Waals surface area contributed by atoms with Gasteiger partial charge in [-0.25, -0.2) is 4.79 Å². The van der Waals surface area contributed by atoms with Crippen molar-refractivity contribution >= 4 is 39.4 Å². The number of nitrogens with zero attached hydrogens (tertiary/aromatic N) is 1. The Balaban J connectivity index is 2.13. The minimum Gasteiger partial charge on any atom is -0.462 e. The fourth-order valence-electron chi connectivity index (χ4n) is 2.56. The summed E-state index contributed by atoms with van der Waals surface area (Å²) in [5.74, 6) is -1.16. The Morgan fingerprint density at radius 1 is 1.38 bits per heavy atom. The maximum atomic E-state index is 12.4. The molecule has 0 saturated carbocycles. The lowest BCUT2D eigenvalue weighted by molar-refractivity contribution is -0.128. The number of likely N-dealkylation sites (tertiary alicyclic amines) is 1. The first-order valence-corrected chi connectivity index (χ1v) is 8.80. The molecule has 2 amide bonds. The van der Waals surface area contributed by atoms with Gasteiger partial charge in [-0.15, -0.1) is 0 Å². The van der Waals surface area contributed by atoms with Gasteiger partial charge in [-0.05, 0) is 31.5 Å². The van der Waals surface area contributed by atoms with Crippen LogP contribution in [0.3, 0.4) is 0 Å². The molecule has 7 heteroatoms. The molecule has 1 unspecified atom stereocenters. The third-order valence-corrected chi connectivity index (χ3v) is 4.36. The number of ether oxygens (including phenoxy) is 1. The summed E-state index contributed by atoms with van der Waals surface area (Å²) in [4.78, 5) is 38.0. The molecule has 0 radical (unpaired) electrons. The van der Waals surface area contributed by atoms with Gasteiger partial charge in [-0.1, -0.05) is 22.9 Å². The second-order valence-corrected chi connectivity index (χ2v) is 6.56. The molecule has 2 rings (SSSR count). The number of hydrogen-bond donors (Lipinski definition) is 1. The van der Waals surface area contributed by atoms with Crippen LogP contribution < -0.4 is 5.32 Å². The molecule has 1 saturated heterocycles. The standard InChI is InChI=1S/C17H21BrN2O4/c1-3-7-24-17(23)13-9-12(18)5-6-14(13)19-16(22)11-8-15(21)20(4-2)10-11/h5-6,9,11H,3-4,7-8,10H2,1-2H3,(H,19,22). The third-order valence-electron chi connectivity index (χ3n) is 3.86. The molecule has 1 atom stereocenters. The van der Waals surface area contributed by atoms with Crippen LogP contribution in [0.15, 0.2) is 22.7 Å². The second kappa shape index (κ2) is 8.28. The Morgan fingerprint density at radius 3 is 2.75 bits per heavy atom. The van der Waals surface area contributed by atoms with Gasteiger partial charge in [-0.2, -0.15) is 0 Å². The SMILES string of the molecule is CCCOC(=O)c1cc(Br)ccc1NC(=O)C1CC(=O)N(CC)C1. The fraction of sp³-hybridized carbons (Fsp3) is 0.471. The molecule has 0 spiro atoms. The summed E-state index contributed by atoms with van der Waals surface area (Å²) in [7, 11) is 0. The van der Waals surface area contributed by atoms with Crippen molar-refractivity contribution in [3.63, 3.8) is 0 Å². The number of esters is 1. The summed E-state index contributed by atoms with van der Waals surface area (Å²) in [6, 6.07) is 5.01. The Kier molecular flexibility index (Phi) is 6.36. The van der Waals surface area contributed by atoms with Crippen LogP contribution in [0.2, 0.25) is 0 Å². The van der Waals surface area contributed by atoms with Crippen molar-refractivity contribution in [1.82, 2.24) is 4.90 Å². The van der Waals surface area contributed by atoms with Gasteiger partial charge in [0.1, 0.15) is 0 Å². The monoisotopic (exact) mass is 396 g/mol. The average molecular weight is 397 g/mol. The van der Waals surface area contributed by atoms with E-state index in [4.69, 9.17) is 4.74 Å². The van der Waals surface area contributed by atoms with Crippen molar-refractivity contribution in [3.05, 3.63) is 28.2 Å². The van der Waals surface area contributed by atoms with Gasteiger partial charge in [-0.3, -0.25) is 9.59 Å². The number of halogens is 1. The van der Waals surface area contributed by atoms with Crippen LogP contribution in [0.25, 0.3) is 0 Å². The van der Waals surface area contributed by atoms with Crippen LogP contribution in [-0.2, 0) is 14.3 Å². The minimum absolute atomic E-state index is 0.0176. The van der Waals surface area contributed by atoms with Gasteiger partial charge in [0.25, 0.3) is 0 Å². The van der Waals surface area contributed by atoms with Crippen molar-refractivity contribution in [3.8, 4) is 0 Å². The second-order valence-electron chi connectivity index (χ2n) is 5.65. The van der Waals surface area contributed by atoms with Crippen LogP contribution in [0.5, 0.6) is 0 Å². The van der Waals surface area contributed by atoms with Crippen LogP contribution in [0.4, 0.5) is 5.69 Å². The number of rotatable bonds is 6. The van der Waals surface area contributed by atoms with Crippen molar-refractivity contribution < 1.29 is 19.1 Å². The van der Waals surface area contributed by atoms with Gasteiger partial charge in [0.05, 0.1) is 23.8 Å². The first-order valence-electron chi connectivity index (χ1n) is 8.01. The highest BCUT2D eigenvalue weighted by atomic mass is 79.9. The third kappa shape index (κ3) is 4.35. The van der Waals surface area contributed by atoms with Gasteiger partial charge >= 0.3 is 5.97 Å². The molecule has 6 nitrogen and oxygen atoms in total. The molecule has 1 aliphatic rings. The lowest BCUT2D eigenvalue weighted by atomic mass is 10.1. The molecular formula is C17H21BrN2O4. The summed E-state index contributed by atoms with van der Waals surface area (Å²) < 4.78 is 5.88. The summed E-state index contributed by atoms with van der Waals surface area (Å²) >= 11 is 3.32. The van der Waals surface area contributed by atoms with E-state index in [1.807, 2.05) is 13.8 Å². The number of benzene rings is 1. The molecule has 0 aromatic heterocycles. The Morgan fingerprint density at radius 2 is 2.12 bits per heavy atom. The molecule has 0 aliphatic carbocycles. The number of anilines is 1. The highest BCUT2D eigenvalue weighted by molar-refractivity contribution is 9.10. The van der Waals surface area contributed by atoms with Crippen LogP contribution in [0.1, 0.15) is 37.0 Å². The van der Waals surface area contributed by atoms with Crippen molar-refractivity contribution in [2.75, 3.05) is 25.0 Å². The zero-order valence-corrected chi connectivity index (χ0v) is 15.4. The molecular weight excluding hydrogens is 376 g/mol. The Labute approximate surface area is 149 Å². The number of carbonyl (C=O) groups excluding carboxylic acids is 3. The summed E-state index contributed by atoms with van der Waals surface area (Å²) in [6.07, 6.45) is 0.921. The zero-order valence-electron chi connectivity index (χ0n) is 13.8. The normalized spacial score (nSPS) is 17.0.